The Balaban J connectivity index is 1.63. The minimum atomic E-state index is 0.606. The summed E-state index contributed by atoms with van der Waals surface area (Å²) in [7, 11) is 1.93. The number of nitrogens with zero attached hydrogens (tertiary/aromatic N) is 5. The molecule has 6 nitrogen and oxygen atoms in total. The zero-order valence-corrected chi connectivity index (χ0v) is 15.8. The van der Waals surface area contributed by atoms with E-state index in [1.54, 1.807) is 17.7 Å². The second-order valence-electron chi connectivity index (χ2n) is 6.16. The molecule has 0 spiro atoms. The van der Waals surface area contributed by atoms with Gasteiger partial charge in [0.15, 0.2) is 0 Å². The van der Waals surface area contributed by atoms with Crippen molar-refractivity contribution in [2.75, 3.05) is 5.32 Å². The van der Waals surface area contributed by atoms with E-state index in [1.165, 1.54) is 6.33 Å². The Morgan fingerprint density at radius 2 is 1.96 bits per heavy atom. The van der Waals surface area contributed by atoms with Gasteiger partial charge in [-0.1, -0.05) is 11.6 Å². The summed E-state index contributed by atoms with van der Waals surface area (Å²) in [5, 5.41) is 4.86. The molecule has 0 radical (unpaired) electrons. The van der Waals surface area contributed by atoms with Crippen LogP contribution >= 0.6 is 22.9 Å². The number of aryl methyl sites for hydroxylation is 1. The molecule has 2 aromatic carbocycles. The summed E-state index contributed by atoms with van der Waals surface area (Å²) in [4.78, 5) is 17.6. The standard InChI is InChI=1S/C19H13ClN6S/c1-26-7-17(23-9-26)12-5-13-15(6-14(12)20)21-8-22-19(13)25-11-2-3-18-16(4-11)24-10-27-18/h2-10H,1H3,(H,21,22,25). The normalized spacial score (nSPS) is 11.3. The number of fused-ring (bicyclic) bond motifs is 2. The molecular formula is C19H13ClN6S. The van der Waals surface area contributed by atoms with Crippen LogP contribution < -0.4 is 5.32 Å². The lowest BCUT2D eigenvalue weighted by molar-refractivity contribution is 0.913. The predicted octanol–water partition coefficient (Wildman–Crippen LogP) is 5.04. The highest BCUT2D eigenvalue weighted by atomic mass is 35.5. The van der Waals surface area contributed by atoms with Gasteiger partial charge in [-0.05, 0) is 30.3 Å². The number of benzene rings is 2. The van der Waals surface area contributed by atoms with Gasteiger partial charge in [-0.3, -0.25) is 0 Å². The van der Waals surface area contributed by atoms with Gasteiger partial charge in [0.05, 0.1) is 38.3 Å². The number of hydrogen-bond acceptors (Lipinski definition) is 6. The van der Waals surface area contributed by atoms with Crippen molar-refractivity contribution in [3.8, 4) is 11.3 Å². The van der Waals surface area contributed by atoms with Gasteiger partial charge < -0.3 is 9.88 Å². The van der Waals surface area contributed by atoms with Crippen LogP contribution in [0.3, 0.4) is 0 Å². The van der Waals surface area contributed by atoms with Crippen LogP contribution in [0.4, 0.5) is 11.5 Å². The molecule has 0 aliphatic heterocycles. The number of anilines is 2. The Kier molecular flexibility index (Phi) is 3.77. The fourth-order valence-electron chi connectivity index (χ4n) is 3.00. The first-order valence-corrected chi connectivity index (χ1v) is 9.46. The monoisotopic (exact) mass is 392 g/mol. The van der Waals surface area contributed by atoms with Gasteiger partial charge in [0, 0.05) is 29.9 Å². The van der Waals surface area contributed by atoms with Crippen LogP contribution in [0.25, 0.3) is 32.4 Å². The van der Waals surface area contributed by atoms with Crippen molar-refractivity contribution in [3.63, 3.8) is 0 Å². The van der Waals surface area contributed by atoms with Crippen LogP contribution in [0.2, 0.25) is 5.02 Å². The number of nitrogens with one attached hydrogen (secondary N) is 1. The summed E-state index contributed by atoms with van der Waals surface area (Å²) < 4.78 is 3.04. The molecule has 3 aromatic heterocycles. The average Bonchev–Trinajstić information content (AvgIpc) is 3.30. The Hall–Kier alpha value is -3.03. The molecule has 5 rings (SSSR count). The number of hydrogen-bond donors (Lipinski definition) is 1. The summed E-state index contributed by atoms with van der Waals surface area (Å²) in [6.07, 6.45) is 5.21. The van der Waals surface area contributed by atoms with Gasteiger partial charge in [-0.2, -0.15) is 0 Å². The second-order valence-corrected chi connectivity index (χ2v) is 7.45. The Morgan fingerprint density at radius 1 is 1.04 bits per heavy atom. The van der Waals surface area contributed by atoms with Gasteiger partial charge in [0.25, 0.3) is 0 Å². The summed E-state index contributed by atoms with van der Waals surface area (Å²) in [5.41, 5.74) is 6.14. The topological polar surface area (TPSA) is 68.5 Å². The van der Waals surface area contributed by atoms with Crippen LogP contribution in [0, 0.1) is 0 Å². The van der Waals surface area contributed by atoms with Gasteiger partial charge in [-0.25, -0.2) is 19.9 Å². The summed E-state index contributed by atoms with van der Waals surface area (Å²) in [5.74, 6) is 0.712. The average molecular weight is 393 g/mol. The zero-order chi connectivity index (χ0) is 18.4. The maximum absolute atomic E-state index is 6.48. The van der Waals surface area contributed by atoms with Gasteiger partial charge in [0.1, 0.15) is 12.1 Å². The molecule has 0 amide bonds. The van der Waals surface area contributed by atoms with Crippen molar-refractivity contribution in [2.24, 2.45) is 7.05 Å². The van der Waals surface area contributed by atoms with E-state index in [-0.39, 0.29) is 0 Å². The molecule has 1 N–H and O–H groups in total. The molecule has 3 heterocycles. The molecule has 0 bridgehead atoms. The molecule has 0 aliphatic carbocycles. The van der Waals surface area contributed by atoms with Crippen molar-refractivity contribution in [1.82, 2.24) is 24.5 Å². The van der Waals surface area contributed by atoms with Gasteiger partial charge >= 0.3 is 0 Å². The quantitative estimate of drug-likeness (QED) is 0.466. The molecule has 0 atom stereocenters. The van der Waals surface area contributed by atoms with E-state index >= 15 is 0 Å². The Labute approximate surface area is 163 Å². The Morgan fingerprint density at radius 3 is 2.81 bits per heavy atom. The molecule has 0 saturated carbocycles. The van der Waals surface area contributed by atoms with Crippen molar-refractivity contribution in [3.05, 3.63) is 59.7 Å². The fraction of sp³-hybridized carbons (Fsp3) is 0.0526. The number of halogens is 1. The molecular weight excluding hydrogens is 380 g/mol. The molecule has 8 heteroatoms. The highest BCUT2D eigenvalue weighted by Crippen LogP contribution is 2.34. The first-order valence-electron chi connectivity index (χ1n) is 8.20. The molecule has 27 heavy (non-hydrogen) atoms. The van der Waals surface area contributed by atoms with Gasteiger partial charge in [-0.15, -0.1) is 11.3 Å². The van der Waals surface area contributed by atoms with E-state index in [0.717, 1.165) is 38.1 Å². The molecule has 0 unspecified atom stereocenters. The van der Waals surface area contributed by atoms with Crippen molar-refractivity contribution in [2.45, 2.75) is 0 Å². The first-order chi connectivity index (χ1) is 13.2. The number of rotatable bonds is 3. The molecule has 5 aromatic rings. The lowest BCUT2D eigenvalue weighted by atomic mass is 10.1. The lowest BCUT2D eigenvalue weighted by Gasteiger charge is -2.10. The van der Waals surface area contributed by atoms with Crippen LogP contribution in [0.1, 0.15) is 0 Å². The fourth-order valence-corrected chi connectivity index (χ4v) is 3.91. The summed E-state index contributed by atoms with van der Waals surface area (Å²) in [6, 6.07) is 9.90. The predicted molar refractivity (Wildman–Crippen MR) is 110 cm³/mol. The van der Waals surface area contributed by atoms with E-state index in [4.69, 9.17) is 11.6 Å². The third-order valence-electron chi connectivity index (χ3n) is 4.30. The van der Waals surface area contributed by atoms with E-state index in [0.29, 0.717) is 10.8 Å². The number of aromatic nitrogens is 5. The van der Waals surface area contributed by atoms with E-state index in [1.807, 2.05) is 47.6 Å². The third kappa shape index (κ3) is 2.90. The number of thiazole rings is 1. The lowest BCUT2D eigenvalue weighted by Crippen LogP contribution is -1.96. The minimum Gasteiger partial charge on any atom is -0.340 e. The Bertz CT molecular complexity index is 1290. The largest absolute Gasteiger partial charge is 0.340 e. The van der Waals surface area contributed by atoms with E-state index < -0.39 is 0 Å². The van der Waals surface area contributed by atoms with Crippen LogP contribution in [-0.4, -0.2) is 24.5 Å². The third-order valence-corrected chi connectivity index (χ3v) is 5.42. The molecule has 0 fully saturated rings. The van der Waals surface area contributed by atoms with Crippen molar-refractivity contribution >= 4 is 55.6 Å². The molecule has 0 saturated heterocycles. The van der Waals surface area contributed by atoms with Crippen LogP contribution in [-0.2, 0) is 7.05 Å². The minimum absolute atomic E-state index is 0.606. The van der Waals surface area contributed by atoms with E-state index in [2.05, 4.69) is 31.3 Å². The summed E-state index contributed by atoms with van der Waals surface area (Å²) >= 11 is 8.10. The molecule has 132 valence electrons. The first kappa shape index (κ1) is 16.2. The highest BCUT2D eigenvalue weighted by molar-refractivity contribution is 7.16. The maximum atomic E-state index is 6.48. The summed E-state index contributed by atoms with van der Waals surface area (Å²) in [6.45, 7) is 0. The number of imidazole rings is 1. The van der Waals surface area contributed by atoms with Crippen molar-refractivity contribution < 1.29 is 0 Å². The van der Waals surface area contributed by atoms with Crippen molar-refractivity contribution in [1.29, 1.82) is 0 Å². The smallest absolute Gasteiger partial charge is 0.141 e. The zero-order valence-electron chi connectivity index (χ0n) is 14.2. The highest BCUT2D eigenvalue weighted by Gasteiger charge is 2.12. The maximum Gasteiger partial charge on any atom is 0.141 e. The van der Waals surface area contributed by atoms with Crippen LogP contribution in [0.15, 0.2) is 54.7 Å². The van der Waals surface area contributed by atoms with Gasteiger partial charge in [0.2, 0.25) is 0 Å². The SMILES string of the molecule is Cn1cnc(-c2cc3c(Nc4ccc5scnc5c4)ncnc3cc2Cl)c1. The van der Waals surface area contributed by atoms with E-state index in [9.17, 15) is 0 Å². The second kappa shape index (κ2) is 6.29. The molecule has 0 aliphatic rings. The van der Waals surface area contributed by atoms with Crippen LogP contribution in [0.5, 0.6) is 0 Å².